The van der Waals surface area contributed by atoms with Gasteiger partial charge in [0.25, 0.3) is 0 Å². The van der Waals surface area contributed by atoms with Crippen LogP contribution in [0.15, 0.2) is 23.1 Å². The number of nitrogens with zero attached hydrogens (tertiary/aromatic N) is 1. The molecule has 4 nitrogen and oxygen atoms in total. The highest BCUT2D eigenvalue weighted by molar-refractivity contribution is 7.89. The molecule has 7 heteroatoms. The van der Waals surface area contributed by atoms with Crippen LogP contribution in [0.4, 0.5) is 0 Å². The van der Waals surface area contributed by atoms with E-state index in [1.807, 2.05) is 0 Å². The largest absolute Gasteiger partial charge is 0.327 e. The Morgan fingerprint density at radius 2 is 1.80 bits per heavy atom. The lowest BCUT2D eigenvalue weighted by molar-refractivity contribution is 0.427. The number of fused-ring (bicyclic) bond motifs is 1. The smallest absolute Gasteiger partial charge is 0.246 e. The minimum Gasteiger partial charge on any atom is -0.327 e. The Hall–Kier alpha value is -0.330. The van der Waals surface area contributed by atoms with Crippen molar-refractivity contribution in [3.63, 3.8) is 0 Å². The van der Waals surface area contributed by atoms with Crippen LogP contribution in [0.25, 0.3) is 0 Å². The Kier molecular flexibility index (Phi) is 3.75. The Balaban J connectivity index is 1.94. The Bertz CT molecular complexity index is 615. The van der Waals surface area contributed by atoms with Gasteiger partial charge in [-0.25, -0.2) is 8.42 Å². The van der Waals surface area contributed by atoms with E-state index in [1.165, 1.54) is 4.31 Å². The van der Waals surface area contributed by atoms with E-state index in [9.17, 15) is 8.42 Å². The lowest BCUT2D eigenvalue weighted by atomic mass is 9.98. The van der Waals surface area contributed by atoms with Gasteiger partial charge < -0.3 is 5.73 Å². The van der Waals surface area contributed by atoms with E-state index in [-0.39, 0.29) is 26.9 Å². The van der Waals surface area contributed by atoms with E-state index in [1.54, 1.807) is 18.2 Å². The summed E-state index contributed by atoms with van der Waals surface area (Å²) in [5, 5.41) is 0.331. The van der Waals surface area contributed by atoms with Crippen molar-refractivity contribution >= 4 is 33.2 Å². The van der Waals surface area contributed by atoms with Gasteiger partial charge in [-0.05, 0) is 36.8 Å². The number of halogens is 2. The maximum Gasteiger partial charge on any atom is 0.246 e. The zero-order chi connectivity index (χ0) is 14.5. The molecular weight excluding hydrogens is 319 g/mol. The zero-order valence-corrected chi connectivity index (χ0v) is 13.1. The standard InChI is InChI=1S/C13H16Cl2N2O2S/c14-10-2-1-3-11(15)13(10)20(18,19)17-6-8-4-5-12(16)9(8)7-17/h1-3,8-9,12H,4-7,16H2. The molecular formula is C13H16Cl2N2O2S. The summed E-state index contributed by atoms with van der Waals surface area (Å²) in [6.45, 7) is 0.984. The molecule has 3 rings (SSSR count). The number of hydrogen-bond acceptors (Lipinski definition) is 3. The van der Waals surface area contributed by atoms with Crippen molar-refractivity contribution in [3.8, 4) is 0 Å². The van der Waals surface area contributed by atoms with E-state index in [4.69, 9.17) is 28.9 Å². The molecule has 0 spiro atoms. The first kappa shape index (κ1) is 14.6. The van der Waals surface area contributed by atoms with E-state index in [0.29, 0.717) is 19.0 Å². The lowest BCUT2D eigenvalue weighted by Crippen LogP contribution is -2.33. The van der Waals surface area contributed by atoms with Gasteiger partial charge in [0.15, 0.2) is 0 Å². The number of hydrogen-bond donors (Lipinski definition) is 1. The van der Waals surface area contributed by atoms with Gasteiger partial charge in [0.05, 0.1) is 10.0 Å². The summed E-state index contributed by atoms with van der Waals surface area (Å²) < 4.78 is 26.9. The van der Waals surface area contributed by atoms with Crippen LogP contribution >= 0.6 is 23.2 Å². The number of sulfonamides is 1. The predicted molar refractivity (Wildman–Crippen MR) is 79.4 cm³/mol. The summed E-state index contributed by atoms with van der Waals surface area (Å²) in [6, 6.07) is 4.83. The fraction of sp³-hybridized carbons (Fsp3) is 0.538. The van der Waals surface area contributed by atoms with Gasteiger partial charge >= 0.3 is 0 Å². The molecule has 3 unspecified atom stereocenters. The quantitative estimate of drug-likeness (QED) is 0.902. The number of rotatable bonds is 2. The fourth-order valence-electron chi connectivity index (χ4n) is 3.32. The molecule has 1 aromatic rings. The molecule has 1 heterocycles. The molecule has 1 aliphatic heterocycles. The molecule has 1 saturated carbocycles. The third-order valence-electron chi connectivity index (χ3n) is 4.40. The predicted octanol–water partition coefficient (Wildman–Crippen LogP) is 2.35. The van der Waals surface area contributed by atoms with Gasteiger partial charge in [-0.15, -0.1) is 0 Å². The van der Waals surface area contributed by atoms with Crippen molar-refractivity contribution < 1.29 is 8.42 Å². The average Bonchev–Trinajstić information content (AvgIpc) is 2.92. The monoisotopic (exact) mass is 334 g/mol. The van der Waals surface area contributed by atoms with E-state index < -0.39 is 10.0 Å². The average molecular weight is 335 g/mol. The maximum atomic E-state index is 12.7. The third-order valence-corrected chi connectivity index (χ3v) is 7.18. The Labute approximate surface area is 128 Å². The zero-order valence-electron chi connectivity index (χ0n) is 10.8. The molecule has 2 aliphatic rings. The van der Waals surface area contributed by atoms with Gasteiger partial charge in [-0.1, -0.05) is 29.3 Å². The van der Waals surface area contributed by atoms with E-state index >= 15 is 0 Å². The first-order valence-corrected chi connectivity index (χ1v) is 8.80. The van der Waals surface area contributed by atoms with Gasteiger partial charge in [-0.2, -0.15) is 4.31 Å². The lowest BCUT2D eigenvalue weighted by Gasteiger charge is -2.20. The highest BCUT2D eigenvalue weighted by atomic mass is 35.5. The van der Waals surface area contributed by atoms with Crippen LogP contribution in [0.3, 0.4) is 0 Å². The van der Waals surface area contributed by atoms with Crippen molar-refractivity contribution in [1.29, 1.82) is 0 Å². The second-order valence-electron chi connectivity index (χ2n) is 5.54. The summed E-state index contributed by atoms with van der Waals surface area (Å²) in [5.74, 6) is 0.618. The topological polar surface area (TPSA) is 63.4 Å². The van der Waals surface area contributed by atoms with Crippen LogP contribution < -0.4 is 5.73 Å². The molecule has 0 radical (unpaired) electrons. The summed E-state index contributed by atoms with van der Waals surface area (Å²) in [6.07, 6.45) is 1.98. The first-order valence-electron chi connectivity index (χ1n) is 6.61. The Morgan fingerprint density at radius 1 is 1.15 bits per heavy atom. The van der Waals surface area contributed by atoms with E-state index in [0.717, 1.165) is 12.8 Å². The normalized spacial score (nSPS) is 30.6. The molecule has 1 aromatic carbocycles. The molecule has 1 aliphatic carbocycles. The maximum absolute atomic E-state index is 12.7. The summed E-state index contributed by atoms with van der Waals surface area (Å²) >= 11 is 12.1. The highest BCUT2D eigenvalue weighted by Gasteiger charge is 2.45. The van der Waals surface area contributed by atoms with Gasteiger partial charge in [0.2, 0.25) is 10.0 Å². The van der Waals surface area contributed by atoms with E-state index in [2.05, 4.69) is 0 Å². The van der Waals surface area contributed by atoms with Crippen molar-refractivity contribution in [2.45, 2.75) is 23.8 Å². The van der Waals surface area contributed by atoms with Gasteiger partial charge in [-0.3, -0.25) is 0 Å². The minimum atomic E-state index is -3.65. The van der Waals surface area contributed by atoms with Gasteiger partial charge in [0, 0.05) is 19.1 Å². The van der Waals surface area contributed by atoms with Crippen LogP contribution in [-0.2, 0) is 10.0 Å². The van der Waals surface area contributed by atoms with Crippen molar-refractivity contribution in [2.75, 3.05) is 13.1 Å². The van der Waals surface area contributed by atoms with Gasteiger partial charge in [0.1, 0.15) is 4.90 Å². The van der Waals surface area contributed by atoms with Crippen LogP contribution in [0.5, 0.6) is 0 Å². The molecule has 1 saturated heterocycles. The number of nitrogens with two attached hydrogens (primary N) is 1. The van der Waals surface area contributed by atoms with Crippen molar-refractivity contribution in [2.24, 2.45) is 17.6 Å². The molecule has 2 fully saturated rings. The van der Waals surface area contributed by atoms with Crippen LogP contribution in [0.2, 0.25) is 10.0 Å². The molecule has 0 aromatic heterocycles. The molecule has 0 amide bonds. The SMILES string of the molecule is NC1CCC2CN(S(=O)(=O)c3c(Cl)cccc3Cl)CC12. The van der Waals surface area contributed by atoms with Crippen molar-refractivity contribution in [1.82, 2.24) is 4.31 Å². The second kappa shape index (κ2) is 5.14. The molecule has 110 valence electrons. The summed E-state index contributed by atoms with van der Waals surface area (Å²) in [4.78, 5) is 0.0110. The summed E-state index contributed by atoms with van der Waals surface area (Å²) in [5.41, 5.74) is 6.05. The first-order chi connectivity index (χ1) is 9.41. The molecule has 20 heavy (non-hydrogen) atoms. The Morgan fingerprint density at radius 3 is 2.40 bits per heavy atom. The minimum absolute atomic E-state index is 0.0110. The fourth-order valence-corrected chi connectivity index (χ4v) is 5.95. The van der Waals surface area contributed by atoms with Crippen LogP contribution in [0.1, 0.15) is 12.8 Å². The highest BCUT2D eigenvalue weighted by Crippen LogP contribution is 2.41. The molecule has 2 N–H and O–H groups in total. The van der Waals surface area contributed by atoms with Crippen molar-refractivity contribution in [3.05, 3.63) is 28.2 Å². The molecule has 3 atom stereocenters. The number of benzene rings is 1. The summed E-state index contributed by atoms with van der Waals surface area (Å²) in [7, 11) is -3.65. The third kappa shape index (κ3) is 2.25. The van der Waals surface area contributed by atoms with Crippen LogP contribution in [-0.4, -0.2) is 31.9 Å². The molecule has 0 bridgehead atoms. The second-order valence-corrected chi connectivity index (χ2v) is 8.23. The van der Waals surface area contributed by atoms with Crippen LogP contribution in [0, 0.1) is 11.8 Å².